The van der Waals surface area contributed by atoms with E-state index >= 15 is 0 Å². The van der Waals surface area contributed by atoms with Crippen molar-refractivity contribution in [2.45, 2.75) is 13.0 Å². The molecule has 0 bridgehead atoms. The smallest absolute Gasteiger partial charge is 0.315 e. The minimum absolute atomic E-state index is 0.145. The third kappa shape index (κ3) is 6.47. The Kier molecular flexibility index (Phi) is 6.54. The van der Waals surface area contributed by atoms with Gasteiger partial charge in [-0.2, -0.15) is 0 Å². The summed E-state index contributed by atoms with van der Waals surface area (Å²) in [6.45, 7) is 2.13. The number of nitrogens with zero attached hydrogens (tertiary/aromatic N) is 1. The molecule has 0 aliphatic carbocycles. The molecule has 1 aromatic rings. The number of hydrogen-bond acceptors (Lipinski definition) is 2. The minimum atomic E-state index is -0.145. The molecule has 0 unspecified atom stereocenters. The molecular formula is C13H20ClN3O. The van der Waals surface area contributed by atoms with E-state index in [9.17, 15) is 4.79 Å². The third-order valence-electron chi connectivity index (χ3n) is 2.41. The lowest BCUT2D eigenvalue weighted by molar-refractivity contribution is 0.240. The quantitative estimate of drug-likeness (QED) is 0.777. The number of urea groups is 1. The third-order valence-corrected chi connectivity index (χ3v) is 2.64. The fourth-order valence-electron chi connectivity index (χ4n) is 1.49. The van der Waals surface area contributed by atoms with Crippen LogP contribution in [0.4, 0.5) is 4.79 Å². The summed E-state index contributed by atoms with van der Waals surface area (Å²) < 4.78 is 0. The highest BCUT2D eigenvalue weighted by Gasteiger charge is 2.00. The van der Waals surface area contributed by atoms with Crippen LogP contribution in [0.25, 0.3) is 0 Å². The second-order valence-electron chi connectivity index (χ2n) is 4.40. The second kappa shape index (κ2) is 7.95. The van der Waals surface area contributed by atoms with Crippen molar-refractivity contribution >= 4 is 17.6 Å². The average Bonchev–Trinajstić information content (AvgIpc) is 2.32. The van der Waals surface area contributed by atoms with Gasteiger partial charge in [0.25, 0.3) is 0 Å². The molecule has 0 fully saturated rings. The molecule has 0 saturated carbocycles. The molecule has 5 heteroatoms. The zero-order valence-corrected chi connectivity index (χ0v) is 11.6. The summed E-state index contributed by atoms with van der Waals surface area (Å²) in [4.78, 5) is 13.6. The Bertz CT molecular complexity index is 382. The van der Waals surface area contributed by atoms with Crippen LogP contribution in [0.15, 0.2) is 24.3 Å². The molecule has 0 aliphatic rings. The van der Waals surface area contributed by atoms with Crippen LogP contribution in [-0.2, 0) is 6.54 Å². The molecule has 0 aromatic heterocycles. The summed E-state index contributed by atoms with van der Waals surface area (Å²) in [6, 6.07) is 7.31. The van der Waals surface area contributed by atoms with Gasteiger partial charge in [0.05, 0.1) is 0 Å². The monoisotopic (exact) mass is 269 g/mol. The van der Waals surface area contributed by atoms with Crippen molar-refractivity contribution in [2.75, 3.05) is 27.2 Å². The van der Waals surface area contributed by atoms with E-state index < -0.39 is 0 Å². The molecule has 100 valence electrons. The van der Waals surface area contributed by atoms with Crippen molar-refractivity contribution in [3.05, 3.63) is 34.9 Å². The molecular weight excluding hydrogens is 250 g/mol. The average molecular weight is 270 g/mol. The molecule has 2 amide bonds. The number of nitrogens with one attached hydrogen (secondary N) is 2. The van der Waals surface area contributed by atoms with Gasteiger partial charge in [0.15, 0.2) is 0 Å². The van der Waals surface area contributed by atoms with Crippen LogP contribution in [0.3, 0.4) is 0 Å². The van der Waals surface area contributed by atoms with E-state index in [1.165, 1.54) is 0 Å². The number of carbonyl (C=O) groups excluding carboxylic acids is 1. The molecule has 1 aromatic carbocycles. The van der Waals surface area contributed by atoms with Gasteiger partial charge in [-0.05, 0) is 44.8 Å². The van der Waals surface area contributed by atoms with Crippen LogP contribution in [0.2, 0.25) is 5.02 Å². The lowest BCUT2D eigenvalue weighted by Gasteiger charge is -2.10. The van der Waals surface area contributed by atoms with Gasteiger partial charge in [-0.3, -0.25) is 0 Å². The maximum Gasteiger partial charge on any atom is 0.315 e. The Morgan fingerprint density at radius 3 is 2.78 bits per heavy atom. The van der Waals surface area contributed by atoms with Gasteiger partial charge in [-0.25, -0.2) is 4.79 Å². The highest BCUT2D eigenvalue weighted by atomic mass is 35.5. The lowest BCUT2D eigenvalue weighted by atomic mass is 10.2. The highest BCUT2D eigenvalue weighted by molar-refractivity contribution is 6.30. The first-order valence-corrected chi connectivity index (χ1v) is 6.36. The topological polar surface area (TPSA) is 44.4 Å². The van der Waals surface area contributed by atoms with E-state index in [1.54, 1.807) is 0 Å². The van der Waals surface area contributed by atoms with E-state index in [2.05, 4.69) is 15.5 Å². The van der Waals surface area contributed by atoms with Gasteiger partial charge < -0.3 is 15.5 Å². The molecule has 0 heterocycles. The first-order chi connectivity index (χ1) is 8.58. The largest absolute Gasteiger partial charge is 0.338 e. The van der Waals surface area contributed by atoms with Crippen molar-refractivity contribution in [1.29, 1.82) is 0 Å². The molecule has 18 heavy (non-hydrogen) atoms. The second-order valence-corrected chi connectivity index (χ2v) is 4.83. The zero-order chi connectivity index (χ0) is 13.4. The molecule has 4 nitrogen and oxygen atoms in total. The minimum Gasteiger partial charge on any atom is -0.338 e. The molecule has 0 aliphatic heterocycles. The van der Waals surface area contributed by atoms with Crippen LogP contribution in [0.1, 0.15) is 12.0 Å². The van der Waals surface area contributed by atoms with Gasteiger partial charge in [0.2, 0.25) is 0 Å². The first-order valence-electron chi connectivity index (χ1n) is 5.99. The number of halogens is 1. The van der Waals surface area contributed by atoms with Gasteiger partial charge in [-0.1, -0.05) is 23.7 Å². The zero-order valence-electron chi connectivity index (χ0n) is 10.9. The van der Waals surface area contributed by atoms with E-state index in [1.807, 2.05) is 38.4 Å². The summed E-state index contributed by atoms with van der Waals surface area (Å²) in [5.41, 5.74) is 0.992. The summed E-state index contributed by atoms with van der Waals surface area (Å²) in [5.74, 6) is 0. The molecule has 2 N–H and O–H groups in total. The van der Waals surface area contributed by atoms with Gasteiger partial charge in [0, 0.05) is 18.1 Å². The van der Waals surface area contributed by atoms with Crippen molar-refractivity contribution in [2.24, 2.45) is 0 Å². The Morgan fingerprint density at radius 2 is 2.11 bits per heavy atom. The maximum atomic E-state index is 11.5. The Hall–Kier alpha value is -1.26. The maximum absolute atomic E-state index is 11.5. The van der Waals surface area contributed by atoms with Crippen LogP contribution < -0.4 is 10.6 Å². The number of amides is 2. The normalized spacial score (nSPS) is 10.4. The summed E-state index contributed by atoms with van der Waals surface area (Å²) in [5, 5.41) is 6.29. The van der Waals surface area contributed by atoms with E-state index in [4.69, 9.17) is 11.6 Å². The molecule has 1 rings (SSSR count). The standard InChI is InChI=1S/C13H20ClN3O/c1-17(2)8-4-7-15-13(18)16-10-11-5-3-6-12(14)9-11/h3,5-6,9H,4,7-8,10H2,1-2H3,(H2,15,16,18). The predicted molar refractivity (Wildman–Crippen MR) is 74.9 cm³/mol. The molecule has 0 saturated heterocycles. The summed E-state index contributed by atoms with van der Waals surface area (Å²) in [7, 11) is 4.03. The fourth-order valence-corrected chi connectivity index (χ4v) is 1.70. The van der Waals surface area contributed by atoms with Crippen molar-refractivity contribution in [3.8, 4) is 0 Å². The van der Waals surface area contributed by atoms with Gasteiger partial charge in [-0.15, -0.1) is 0 Å². The molecule has 0 radical (unpaired) electrons. The van der Waals surface area contributed by atoms with Gasteiger partial charge in [0.1, 0.15) is 0 Å². The van der Waals surface area contributed by atoms with E-state index in [0.717, 1.165) is 18.5 Å². The Morgan fingerprint density at radius 1 is 1.33 bits per heavy atom. The van der Waals surface area contributed by atoms with Crippen molar-refractivity contribution < 1.29 is 4.79 Å². The van der Waals surface area contributed by atoms with Crippen LogP contribution in [-0.4, -0.2) is 38.1 Å². The van der Waals surface area contributed by atoms with Crippen LogP contribution in [0, 0.1) is 0 Å². The highest BCUT2D eigenvalue weighted by Crippen LogP contribution is 2.09. The molecule has 0 spiro atoms. The summed E-state index contributed by atoms with van der Waals surface area (Å²) >= 11 is 5.86. The van der Waals surface area contributed by atoms with Crippen LogP contribution >= 0.6 is 11.6 Å². The van der Waals surface area contributed by atoms with E-state index in [0.29, 0.717) is 18.1 Å². The Balaban J connectivity index is 2.17. The first kappa shape index (κ1) is 14.8. The predicted octanol–water partition coefficient (Wildman–Crippen LogP) is 2.09. The van der Waals surface area contributed by atoms with E-state index in [-0.39, 0.29) is 6.03 Å². The summed E-state index contributed by atoms with van der Waals surface area (Å²) in [6.07, 6.45) is 0.942. The number of carbonyl (C=O) groups is 1. The Labute approximate surface area is 113 Å². The van der Waals surface area contributed by atoms with Crippen molar-refractivity contribution in [1.82, 2.24) is 15.5 Å². The van der Waals surface area contributed by atoms with Crippen molar-refractivity contribution in [3.63, 3.8) is 0 Å². The fraction of sp³-hybridized carbons (Fsp3) is 0.462. The number of benzene rings is 1. The van der Waals surface area contributed by atoms with Gasteiger partial charge >= 0.3 is 6.03 Å². The van der Waals surface area contributed by atoms with Crippen LogP contribution in [0.5, 0.6) is 0 Å². The lowest BCUT2D eigenvalue weighted by Crippen LogP contribution is -2.36. The SMILES string of the molecule is CN(C)CCCNC(=O)NCc1cccc(Cl)c1. The molecule has 0 atom stereocenters. The number of rotatable bonds is 6. The number of hydrogen-bond donors (Lipinski definition) is 2.